The second kappa shape index (κ2) is 8.54. The number of aryl methyl sites for hydroxylation is 1. The summed E-state index contributed by atoms with van der Waals surface area (Å²) in [6, 6.07) is 21.2. The van der Waals surface area contributed by atoms with Gasteiger partial charge >= 0.3 is 5.63 Å². The van der Waals surface area contributed by atoms with Crippen LogP contribution in [0.2, 0.25) is 0 Å². The highest BCUT2D eigenvalue weighted by Crippen LogP contribution is 2.29. The van der Waals surface area contributed by atoms with Crippen molar-refractivity contribution in [2.24, 2.45) is 0 Å². The van der Waals surface area contributed by atoms with Crippen molar-refractivity contribution in [1.82, 2.24) is 0 Å². The van der Waals surface area contributed by atoms with Crippen molar-refractivity contribution in [1.29, 1.82) is 0 Å². The van der Waals surface area contributed by atoms with Crippen molar-refractivity contribution in [3.63, 3.8) is 0 Å². The lowest BCUT2D eigenvalue weighted by Gasteiger charge is -2.09. The fourth-order valence-electron chi connectivity index (χ4n) is 3.45. The normalized spacial score (nSPS) is 11.0. The zero-order valence-corrected chi connectivity index (χ0v) is 17.1. The van der Waals surface area contributed by atoms with Crippen molar-refractivity contribution in [2.45, 2.75) is 26.7 Å². The van der Waals surface area contributed by atoms with Crippen LogP contribution < -0.4 is 10.4 Å². The van der Waals surface area contributed by atoms with Gasteiger partial charge in [-0.05, 0) is 47.1 Å². The molecule has 0 atom stereocenters. The molecule has 0 fully saturated rings. The zero-order valence-electron chi connectivity index (χ0n) is 17.1. The van der Waals surface area contributed by atoms with Crippen LogP contribution in [0.1, 0.15) is 25.8 Å². The number of halogens is 1. The minimum Gasteiger partial charge on any atom is -0.491 e. The largest absolute Gasteiger partial charge is 0.491 e. The molecule has 0 aliphatic carbocycles. The predicted octanol–water partition coefficient (Wildman–Crippen LogP) is 6.62. The zero-order chi connectivity index (χ0) is 21.1. The Labute approximate surface area is 174 Å². The predicted molar refractivity (Wildman–Crippen MR) is 118 cm³/mol. The first-order valence-electron chi connectivity index (χ1n) is 10.2. The van der Waals surface area contributed by atoms with Crippen LogP contribution in [-0.4, -0.2) is 6.61 Å². The number of hydrogen-bond donors (Lipinski definition) is 0. The Balaban J connectivity index is 1.68. The van der Waals surface area contributed by atoms with E-state index >= 15 is 0 Å². The maximum atomic E-state index is 14.7. The lowest BCUT2D eigenvalue weighted by atomic mass is 10.0. The summed E-state index contributed by atoms with van der Waals surface area (Å²) >= 11 is 0. The van der Waals surface area contributed by atoms with Crippen molar-refractivity contribution in [3.05, 3.63) is 88.5 Å². The van der Waals surface area contributed by atoms with E-state index in [1.807, 2.05) is 31.2 Å². The molecule has 4 heteroatoms. The lowest BCUT2D eigenvalue weighted by molar-refractivity contribution is 0.302. The van der Waals surface area contributed by atoms with Crippen LogP contribution >= 0.6 is 0 Å². The summed E-state index contributed by atoms with van der Waals surface area (Å²) < 4.78 is 25.5. The molecule has 1 heterocycles. The second-order valence-electron chi connectivity index (χ2n) is 7.22. The highest BCUT2D eigenvalue weighted by atomic mass is 19.1. The molecule has 3 aromatic carbocycles. The summed E-state index contributed by atoms with van der Waals surface area (Å²) in [5.41, 5.74) is 3.55. The van der Waals surface area contributed by atoms with Gasteiger partial charge in [0.1, 0.15) is 11.1 Å². The molecular formula is C26H23FO3. The monoisotopic (exact) mass is 402 g/mol. The van der Waals surface area contributed by atoms with Gasteiger partial charge in [0.15, 0.2) is 11.6 Å². The van der Waals surface area contributed by atoms with Crippen LogP contribution in [0.25, 0.3) is 33.2 Å². The molecule has 0 N–H and O–H groups in total. The Morgan fingerprint density at radius 1 is 0.867 bits per heavy atom. The van der Waals surface area contributed by atoms with Crippen LogP contribution in [0, 0.1) is 5.82 Å². The molecule has 0 spiro atoms. The molecule has 1 aromatic heterocycles. The minimum absolute atomic E-state index is 0.0721. The summed E-state index contributed by atoms with van der Waals surface area (Å²) in [5, 5.41) is 0.404. The summed E-state index contributed by atoms with van der Waals surface area (Å²) in [4.78, 5) is 12.5. The Morgan fingerprint density at radius 2 is 1.50 bits per heavy atom. The van der Waals surface area contributed by atoms with E-state index < -0.39 is 11.4 Å². The molecule has 0 saturated heterocycles. The van der Waals surface area contributed by atoms with E-state index in [4.69, 9.17) is 9.15 Å². The van der Waals surface area contributed by atoms with Crippen LogP contribution in [0.4, 0.5) is 4.39 Å². The highest BCUT2D eigenvalue weighted by Gasteiger charge is 2.15. The van der Waals surface area contributed by atoms with Crippen molar-refractivity contribution in [3.8, 4) is 28.2 Å². The first kappa shape index (κ1) is 19.9. The fourth-order valence-corrected chi connectivity index (χ4v) is 3.45. The highest BCUT2D eigenvalue weighted by molar-refractivity contribution is 5.86. The smallest absolute Gasteiger partial charge is 0.347 e. The Bertz CT molecular complexity index is 1220. The van der Waals surface area contributed by atoms with E-state index in [0.29, 0.717) is 17.8 Å². The molecular weight excluding hydrogens is 379 g/mol. The maximum absolute atomic E-state index is 14.7. The van der Waals surface area contributed by atoms with E-state index in [2.05, 4.69) is 31.2 Å². The van der Waals surface area contributed by atoms with Gasteiger partial charge in [-0.3, -0.25) is 0 Å². The Kier molecular flexibility index (Phi) is 5.66. The first-order valence-corrected chi connectivity index (χ1v) is 10.2. The van der Waals surface area contributed by atoms with Gasteiger partial charge in [0.25, 0.3) is 0 Å². The van der Waals surface area contributed by atoms with Gasteiger partial charge in [0.2, 0.25) is 0 Å². The summed E-state index contributed by atoms with van der Waals surface area (Å²) in [6.45, 7) is 4.45. The number of ether oxygens (including phenoxy) is 1. The van der Waals surface area contributed by atoms with Gasteiger partial charge in [-0.2, -0.15) is 0 Å². The van der Waals surface area contributed by atoms with Gasteiger partial charge in [-0.15, -0.1) is 0 Å². The molecule has 0 unspecified atom stereocenters. The molecule has 0 amide bonds. The van der Waals surface area contributed by atoms with Gasteiger partial charge in [0.05, 0.1) is 6.61 Å². The molecule has 4 aromatic rings. The molecule has 4 rings (SSSR count). The lowest BCUT2D eigenvalue weighted by Crippen LogP contribution is -2.05. The molecule has 152 valence electrons. The average molecular weight is 402 g/mol. The van der Waals surface area contributed by atoms with Crippen molar-refractivity contribution in [2.75, 3.05) is 6.61 Å². The molecule has 0 aliphatic heterocycles. The summed E-state index contributed by atoms with van der Waals surface area (Å²) in [6.07, 6.45) is 1.76. The van der Waals surface area contributed by atoms with Gasteiger partial charge in [-0.1, -0.05) is 68.4 Å². The Hall–Kier alpha value is -3.40. The number of rotatable bonds is 6. The fraction of sp³-hybridized carbons (Fsp3) is 0.192. The molecule has 3 nitrogen and oxygen atoms in total. The third-order valence-corrected chi connectivity index (χ3v) is 5.16. The van der Waals surface area contributed by atoms with E-state index in [1.165, 1.54) is 5.56 Å². The first-order chi connectivity index (χ1) is 14.6. The third kappa shape index (κ3) is 3.86. The summed E-state index contributed by atoms with van der Waals surface area (Å²) in [5.74, 6) is -0.197. The molecule has 30 heavy (non-hydrogen) atoms. The van der Waals surface area contributed by atoms with Crippen LogP contribution in [0.15, 0.2) is 75.9 Å². The topological polar surface area (TPSA) is 39.4 Å². The van der Waals surface area contributed by atoms with E-state index in [-0.39, 0.29) is 11.1 Å². The van der Waals surface area contributed by atoms with Crippen molar-refractivity contribution < 1.29 is 13.5 Å². The molecule has 0 bridgehead atoms. The molecule has 0 aliphatic rings. The number of hydrogen-bond acceptors (Lipinski definition) is 3. The van der Waals surface area contributed by atoms with Crippen LogP contribution in [0.5, 0.6) is 5.75 Å². The minimum atomic E-state index is -0.707. The van der Waals surface area contributed by atoms with Crippen LogP contribution in [0.3, 0.4) is 0 Å². The second-order valence-corrected chi connectivity index (χ2v) is 7.22. The Morgan fingerprint density at radius 3 is 2.13 bits per heavy atom. The van der Waals surface area contributed by atoms with E-state index in [9.17, 15) is 9.18 Å². The molecule has 0 saturated carbocycles. The van der Waals surface area contributed by atoms with Gasteiger partial charge in [0, 0.05) is 5.56 Å². The SMILES string of the molecule is CCCOc1ccc2cc(-c3ccc(-c4ccc(CC)cc4)cc3)oc(=O)c2c1F. The van der Waals surface area contributed by atoms with Gasteiger partial charge in [-0.25, -0.2) is 9.18 Å². The van der Waals surface area contributed by atoms with Crippen molar-refractivity contribution >= 4 is 10.8 Å². The van der Waals surface area contributed by atoms with Gasteiger partial charge < -0.3 is 9.15 Å². The van der Waals surface area contributed by atoms with Crippen LogP contribution in [-0.2, 0) is 6.42 Å². The third-order valence-electron chi connectivity index (χ3n) is 5.16. The van der Waals surface area contributed by atoms with E-state index in [0.717, 1.165) is 29.5 Å². The summed E-state index contributed by atoms with van der Waals surface area (Å²) in [7, 11) is 0. The number of fused-ring (bicyclic) bond motifs is 1. The van der Waals surface area contributed by atoms with E-state index in [1.54, 1.807) is 18.2 Å². The molecule has 0 radical (unpaired) electrons. The maximum Gasteiger partial charge on any atom is 0.347 e. The average Bonchev–Trinajstić information content (AvgIpc) is 2.78. The quantitative estimate of drug-likeness (QED) is 0.364. The standard InChI is InChI=1S/C26H23FO3/c1-3-15-29-22-14-13-21-16-23(30-26(28)24(21)25(22)27)20-11-9-19(10-12-20)18-7-5-17(4-2)6-8-18/h5-14,16H,3-4,15H2,1-2H3. The number of benzene rings is 3.